The molecule has 0 radical (unpaired) electrons. The highest BCUT2D eigenvalue weighted by Crippen LogP contribution is 2.60. The van der Waals surface area contributed by atoms with Crippen LogP contribution in [0.4, 0.5) is 5.82 Å². The monoisotopic (exact) mass is 272 g/mol. The van der Waals surface area contributed by atoms with Gasteiger partial charge in [0.25, 0.3) is 0 Å². The third-order valence-corrected chi connectivity index (χ3v) is 5.15. The van der Waals surface area contributed by atoms with Gasteiger partial charge in [0, 0.05) is 11.6 Å². The van der Waals surface area contributed by atoms with Crippen molar-refractivity contribution in [3.05, 3.63) is 23.9 Å². The van der Waals surface area contributed by atoms with Gasteiger partial charge in [-0.3, -0.25) is 9.59 Å². The quantitative estimate of drug-likeness (QED) is 0.842. The average Bonchev–Trinajstić information content (AvgIpc) is 2.90. The minimum absolute atomic E-state index is 0.103. The first-order chi connectivity index (χ1) is 9.36. The number of amides is 1. The van der Waals surface area contributed by atoms with E-state index in [1.807, 2.05) is 32.9 Å². The molecule has 2 bridgehead atoms. The molecule has 1 N–H and O–H groups in total. The fourth-order valence-corrected chi connectivity index (χ4v) is 3.82. The first kappa shape index (κ1) is 13.3. The number of fused-ring (bicyclic) bond motifs is 2. The van der Waals surface area contributed by atoms with E-state index in [9.17, 15) is 9.59 Å². The van der Waals surface area contributed by atoms with E-state index in [4.69, 9.17) is 0 Å². The van der Waals surface area contributed by atoms with Crippen LogP contribution in [-0.2, 0) is 9.59 Å². The number of hydrogen-bond donors (Lipinski definition) is 1. The van der Waals surface area contributed by atoms with Gasteiger partial charge in [0.1, 0.15) is 11.2 Å². The van der Waals surface area contributed by atoms with Gasteiger partial charge in [0.15, 0.2) is 5.78 Å². The number of anilines is 1. The van der Waals surface area contributed by atoms with Crippen molar-refractivity contribution in [3.63, 3.8) is 0 Å². The Labute approximate surface area is 119 Å². The van der Waals surface area contributed by atoms with E-state index in [-0.39, 0.29) is 17.1 Å². The van der Waals surface area contributed by atoms with Gasteiger partial charge in [-0.25, -0.2) is 4.98 Å². The highest BCUT2D eigenvalue weighted by molar-refractivity contribution is 6.14. The number of Topliss-reactive ketones (excluding diaryl/α,β-unsaturated/α-hetero) is 1. The normalized spacial score (nSPS) is 30.6. The van der Waals surface area contributed by atoms with Crippen molar-refractivity contribution in [2.45, 2.75) is 40.0 Å². The van der Waals surface area contributed by atoms with E-state index in [0.717, 1.165) is 12.0 Å². The number of aromatic nitrogens is 1. The topological polar surface area (TPSA) is 59.1 Å². The summed E-state index contributed by atoms with van der Waals surface area (Å²) in [6, 6.07) is 3.70. The Morgan fingerprint density at radius 2 is 2.20 bits per heavy atom. The maximum atomic E-state index is 12.6. The lowest BCUT2D eigenvalue weighted by Gasteiger charge is -2.32. The lowest BCUT2D eigenvalue weighted by molar-refractivity contribution is -0.142. The first-order valence-electron chi connectivity index (χ1n) is 7.15. The molecule has 2 fully saturated rings. The molecule has 3 rings (SSSR count). The van der Waals surface area contributed by atoms with Crippen LogP contribution in [0.3, 0.4) is 0 Å². The smallest absolute Gasteiger partial charge is 0.239 e. The van der Waals surface area contributed by atoms with Crippen LogP contribution < -0.4 is 5.32 Å². The molecule has 1 amide bonds. The van der Waals surface area contributed by atoms with Crippen LogP contribution in [0, 0.1) is 23.7 Å². The Hall–Kier alpha value is -1.71. The first-order valence-corrected chi connectivity index (χ1v) is 7.15. The summed E-state index contributed by atoms with van der Waals surface area (Å²) in [5.74, 6) is 0.802. The predicted molar refractivity (Wildman–Crippen MR) is 76.2 cm³/mol. The van der Waals surface area contributed by atoms with Crippen molar-refractivity contribution in [2.75, 3.05) is 5.32 Å². The second kappa shape index (κ2) is 4.14. The van der Waals surface area contributed by atoms with E-state index in [1.54, 1.807) is 6.20 Å². The lowest BCUT2D eigenvalue weighted by Crippen LogP contribution is -2.44. The highest BCUT2D eigenvalue weighted by atomic mass is 16.2. The van der Waals surface area contributed by atoms with E-state index < -0.39 is 5.41 Å². The third kappa shape index (κ3) is 1.70. The molecule has 0 aliphatic heterocycles. The van der Waals surface area contributed by atoms with Crippen molar-refractivity contribution in [3.8, 4) is 0 Å². The predicted octanol–water partition coefficient (Wildman–Crippen LogP) is 2.72. The molecular formula is C16H20N2O2. The van der Waals surface area contributed by atoms with Gasteiger partial charge in [-0.15, -0.1) is 0 Å². The van der Waals surface area contributed by atoms with Crippen molar-refractivity contribution in [1.82, 2.24) is 4.98 Å². The van der Waals surface area contributed by atoms with Gasteiger partial charge in [0.05, 0.1) is 0 Å². The number of carbonyl (C=O) groups is 2. The van der Waals surface area contributed by atoms with E-state index in [0.29, 0.717) is 24.6 Å². The van der Waals surface area contributed by atoms with Crippen LogP contribution in [0.25, 0.3) is 0 Å². The standard InChI is InChI=1S/C16H20N2O2/c1-10-5-7-17-12(8-10)18-14(20)16-6-4-11(9-16)15(2,3)13(16)19/h5,7-8,11H,4,6,9H2,1-3H3,(H,17,18,20). The van der Waals surface area contributed by atoms with Gasteiger partial charge < -0.3 is 5.32 Å². The zero-order valence-electron chi connectivity index (χ0n) is 12.2. The van der Waals surface area contributed by atoms with Crippen LogP contribution >= 0.6 is 0 Å². The SMILES string of the molecule is Cc1ccnc(NC(=O)C23CCC(C2)C(C)(C)C3=O)c1. The summed E-state index contributed by atoms with van der Waals surface area (Å²) in [6.45, 7) is 5.89. The number of aryl methyl sites for hydroxylation is 1. The zero-order valence-corrected chi connectivity index (χ0v) is 12.2. The maximum Gasteiger partial charge on any atom is 0.239 e. The summed E-state index contributed by atoms with van der Waals surface area (Å²) in [5, 5.41) is 2.84. The number of ketones is 1. The Balaban J connectivity index is 1.86. The molecule has 2 unspecified atom stereocenters. The summed E-state index contributed by atoms with van der Waals surface area (Å²) >= 11 is 0. The number of pyridine rings is 1. The summed E-state index contributed by atoms with van der Waals surface area (Å²) < 4.78 is 0. The Morgan fingerprint density at radius 1 is 1.45 bits per heavy atom. The Kier molecular flexibility index (Phi) is 2.75. The number of nitrogens with zero attached hydrogens (tertiary/aromatic N) is 1. The molecule has 2 aliphatic carbocycles. The van der Waals surface area contributed by atoms with Crippen molar-refractivity contribution < 1.29 is 9.59 Å². The summed E-state index contributed by atoms with van der Waals surface area (Å²) in [4.78, 5) is 29.4. The Bertz CT molecular complexity index is 594. The fourth-order valence-electron chi connectivity index (χ4n) is 3.82. The number of nitrogens with one attached hydrogen (secondary N) is 1. The number of hydrogen-bond acceptors (Lipinski definition) is 3. The van der Waals surface area contributed by atoms with E-state index in [1.165, 1.54) is 0 Å². The highest BCUT2D eigenvalue weighted by Gasteiger charge is 2.65. The van der Waals surface area contributed by atoms with Crippen LogP contribution in [0.15, 0.2) is 18.3 Å². The summed E-state index contributed by atoms with van der Waals surface area (Å²) in [5.41, 5.74) is -0.148. The fraction of sp³-hybridized carbons (Fsp3) is 0.562. The van der Waals surface area contributed by atoms with Crippen LogP contribution in [0.2, 0.25) is 0 Å². The molecule has 20 heavy (non-hydrogen) atoms. The average molecular weight is 272 g/mol. The molecule has 4 heteroatoms. The number of carbonyl (C=O) groups excluding carboxylic acids is 2. The molecule has 106 valence electrons. The zero-order chi connectivity index (χ0) is 14.5. The summed E-state index contributed by atoms with van der Waals surface area (Å²) in [6.07, 6.45) is 4.00. The molecule has 2 aliphatic rings. The largest absolute Gasteiger partial charge is 0.310 e. The maximum absolute atomic E-state index is 12.6. The van der Waals surface area contributed by atoms with Crippen molar-refractivity contribution in [2.24, 2.45) is 16.7 Å². The second-order valence-corrected chi connectivity index (χ2v) is 6.75. The van der Waals surface area contributed by atoms with Crippen LogP contribution in [-0.4, -0.2) is 16.7 Å². The summed E-state index contributed by atoms with van der Waals surface area (Å²) in [7, 11) is 0. The van der Waals surface area contributed by atoms with Gasteiger partial charge in [0.2, 0.25) is 5.91 Å². The molecular weight excluding hydrogens is 252 g/mol. The minimum atomic E-state index is -0.820. The minimum Gasteiger partial charge on any atom is -0.310 e. The second-order valence-electron chi connectivity index (χ2n) is 6.75. The van der Waals surface area contributed by atoms with Crippen LogP contribution in [0.5, 0.6) is 0 Å². The molecule has 2 saturated carbocycles. The third-order valence-electron chi connectivity index (χ3n) is 5.15. The molecule has 1 aromatic rings. The van der Waals surface area contributed by atoms with Crippen LogP contribution in [0.1, 0.15) is 38.7 Å². The lowest BCUT2D eigenvalue weighted by atomic mass is 9.70. The van der Waals surface area contributed by atoms with Crippen molar-refractivity contribution >= 4 is 17.5 Å². The molecule has 1 heterocycles. The molecule has 1 aromatic heterocycles. The molecule has 0 saturated heterocycles. The molecule has 4 nitrogen and oxygen atoms in total. The van der Waals surface area contributed by atoms with Gasteiger partial charge in [-0.2, -0.15) is 0 Å². The molecule has 0 aromatic carbocycles. The van der Waals surface area contributed by atoms with Gasteiger partial charge in [-0.1, -0.05) is 13.8 Å². The van der Waals surface area contributed by atoms with Crippen molar-refractivity contribution in [1.29, 1.82) is 0 Å². The molecule has 0 spiro atoms. The van der Waals surface area contributed by atoms with E-state index in [2.05, 4.69) is 10.3 Å². The van der Waals surface area contributed by atoms with E-state index >= 15 is 0 Å². The Morgan fingerprint density at radius 3 is 2.80 bits per heavy atom. The van der Waals surface area contributed by atoms with Gasteiger partial charge >= 0.3 is 0 Å². The molecule has 2 atom stereocenters. The number of rotatable bonds is 2. The van der Waals surface area contributed by atoms with Gasteiger partial charge in [-0.05, 0) is 49.8 Å².